The molecule has 0 radical (unpaired) electrons. The van der Waals surface area contributed by atoms with E-state index < -0.39 is 0 Å². The molecule has 2 heterocycles. The molecule has 1 aliphatic heterocycles. The fraction of sp³-hybridized carbons (Fsp3) is 0.500. The number of rotatable bonds is 7. The van der Waals surface area contributed by atoms with Gasteiger partial charge in [0.2, 0.25) is 11.7 Å². The molecule has 1 aliphatic rings. The van der Waals surface area contributed by atoms with Crippen molar-refractivity contribution >= 4 is 41.5 Å². The Labute approximate surface area is 186 Å². The van der Waals surface area contributed by atoms with Gasteiger partial charge in [0.25, 0.3) is 0 Å². The first-order valence-corrected chi connectivity index (χ1v) is 9.27. The van der Waals surface area contributed by atoms with E-state index in [4.69, 9.17) is 25.6 Å². The monoisotopic (exact) mass is 521 g/mol. The van der Waals surface area contributed by atoms with Crippen molar-refractivity contribution in [2.75, 3.05) is 26.9 Å². The average molecular weight is 522 g/mol. The molecular weight excluding hydrogens is 497 g/mol. The van der Waals surface area contributed by atoms with Crippen molar-refractivity contribution in [3.8, 4) is 11.4 Å². The SMILES string of the molecule is CN=C(NCc1nc(-c2cccc(Cl)c2)no1)NC(C)COC1CCOC1.I. The van der Waals surface area contributed by atoms with Crippen molar-refractivity contribution in [2.24, 2.45) is 4.99 Å². The molecule has 3 rings (SSSR count). The number of nitrogens with one attached hydrogen (secondary N) is 2. The molecule has 10 heteroatoms. The van der Waals surface area contributed by atoms with Crippen LogP contribution in [0.5, 0.6) is 0 Å². The highest BCUT2D eigenvalue weighted by Gasteiger charge is 2.17. The predicted octanol–water partition coefficient (Wildman–Crippen LogP) is 2.87. The Morgan fingerprint density at radius 3 is 3.04 bits per heavy atom. The van der Waals surface area contributed by atoms with Crippen LogP contribution >= 0.6 is 35.6 Å². The maximum atomic E-state index is 6.00. The van der Waals surface area contributed by atoms with Gasteiger partial charge in [-0.05, 0) is 25.5 Å². The first kappa shape index (κ1) is 22.9. The van der Waals surface area contributed by atoms with E-state index in [-0.39, 0.29) is 36.1 Å². The molecule has 154 valence electrons. The normalized spacial score (nSPS) is 17.8. The van der Waals surface area contributed by atoms with Crippen molar-refractivity contribution in [2.45, 2.75) is 32.0 Å². The molecule has 1 aromatic heterocycles. The Morgan fingerprint density at radius 2 is 2.32 bits per heavy atom. The second-order valence-electron chi connectivity index (χ2n) is 6.31. The predicted molar refractivity (Wildman–Crippen MR) is 118 cm³/mol. The van der Waals surface area contributed by atoms with Crippen LogP contribution in [0.3, 0.4) is 0 Å². The molecular formula is C18H25ClIN5O3. The average Bonchev–Trinajstić information content (AvgIpc) is 3.35. The van der Waals surface area contributed by atoms with Gasteiger partial charge in [-0.15, -0.1) is 24.0 Å². The fourth-order valence-electron chi connectivity index (χ4n) is 2.63. The zero-order valence-electron chi connectivity index (χ0n) is 15.9. The van der Waals surface area contributed by atoms with E-state index in [9.17, 15) is 0 Å². The van der Waals surface area contributed by atoms with Gasteiger partial charge < -0.3 is 24.6 Å². The van der Waals surface area contributed by atoms with Crippen LogP contribution in [-0.4, -0.2) is 55.1 Å². The van der Waals surface area contributed by atoms with Crippen LogP contribution in [0, 0.1) is 0 Å². The first-order valence-electron chi connectivity index (χ1n) is 8.89. The van der Waals surface area contributed by atoms with E-state index in [2.05, 4.69) is 25.8 Å². The van der Waals surface area contributed by atoms with Gasteiger partial charge in [0.15, 0.2) is 5.96 Å². The molecule has 1 fully saturated rings. The number of guanidine groups is 1. The van der Waals surface area contributed by atoms with Gasteiger partial charge >= 0.3 is 0 Å². The van der Waals surface area contributed by atoms with Gasteiger partial charge in [-0.25, -0.2) is 0 Å². The van der Waals surface area contributed by atoms with E-state index in [1.807, 2.05) is 19.1 Å². The molecule has 2 atom stereocenters. The third kappa shape index (κ3) is 6.87. The molecule has 28 heavy (non-hydrogen) atoms. The van der Waals surface area contributed by atoms with Crippen molar-refractivity contribution in [3.05, 3.63) is 35.2 Å². The number of nitrogens with zero attached hydrogens (tertiary/aromatic N) is 3. The summed E-state index contributed by atoms with van der Waals surface area (Å²) in [6, 6.07) is 7.42. The number of hydrogen-bond acceptors (Lipinski definition) is 6. The maximum Gasteiger partial charge on any atom is 0.246 e. The first-order chi connectivity index (χ1) is 13.1. The highest BCUT2D eigenvalue weighted by molar-refractivity contribution is 14.0. The number of aliphatic imine (C=N–C) groups is 1. The van der Waals surface area contributed by atoms with Gasteiger partial charge in [-0.3, -0.25) is 4.99 Å². The summed E-state index contributed by atoms with van der Waals surface area (Å²) in [6.45, 7) is 4.42. The third-order valence-corrected chi connectivity index (χ3v) is 4.27. The molecule has 1 aromatic carbocycles. The molecule has 1 saturated heterocycles. The summed E-state index contributed by atoms with van der Waals surface area (Å²) < 4.78 is 16.4. The fourth-order valence-corrected chi connectivity index (χ4v) is 2.82. The molecule has 0 aliphatic carbocycles. The largest absolute Gasteiger partial charge is 0.379 e. The quantitative estimate of drug-likeness (QED) is 0.329. The molecule has 0 bridgehead atoms. The highest BCUT2D eigenvalue weighted by atomic mass is 127. The van der Waals surface area contributed by atoms with Gasteiger partial charge in [0.05, 0.1) is 25.9 Å². The Bertz CT molecular complexity index is 767. The molecule has 2 aromatic rings. The molecule has 8 nitrogen and oxygen atoms in total. The van der Waals surface area contributed by atoms with Gasteiger partial charge in [0, 0.05) is 30.3 Å². The summed E-state index contributed by atoms with van der Waals surface area (Å²) in [7, 11) is 1.71. The van der Waals surface area contributed by atoms with Crippen LogP contribution in [0.15, 0.2) is 33.8 Å². The molecule has 0 amide bonds. The Hall–Kier alpha value is -1.43. The van der Waals surface area contributed by atoms with E-state index in [0.29, 0.717) is 42.5 Å². The summed E-state index contributed by atoms with van der Waals surface area (Å²) >= 11 is 6.00. The topological polar surface area (TPSA) is 93.8 Å². The number of aromatic nitrogens is 2. The minimum absolute atomic E-state index is 0. The number of hydrogen-bond donors (Lipinski definition) is 2. The van der Waals surface area contributed by atoms with Crippen LogP contribution in [0.2, 0.25) is 5.02 Å². The summed E-state index contributed by atoms with van der Waals surface area (Å²) in [5.74, 6) is 1.59. The molecule has 0 spiro atoms. The number of halogens is 2. The van der Waals surface area contributed by atoms with Crippen molar-refractivity contribution < 1.29 is 14.0 Å². The Balaban J connectivity index is 0.00000280. The van der Waals surface area contributed by atoms with Gasteiger partial charge in [-0.1, -0.05) is 28.9 Å². The van der Waals surface area contributed by atoms with Crippen molar-refractivity contribution in [3.63, 3.8) is 0 Å². The summed E-state index contributed by atoms with van der Waals surface area (Å²) in [4.78, 5) is 8.58. The van der Waals surface area contributed by atoms with Crippen molar-refractivity contribution in [1.82, 2.24) is 20.8 Å². The van der Waals surface area contributed by atoms with Crippen molar-refractivity contribution in [1.29, 1.82) is 0 Å². The third-order valence-electron chi connectivity index (χ3n) is 4.03. The maximum absolute atomic E-state index is 6.00. The van der Waals surface area contributed by atoms with Crippen LogP contribution in [0.1, 0.15) is 19.2 Å². The Morgan fingerprint density at radius 1 is 1.46 bits per heavy atom. The number of benzene rings is 1. The lowest BCUT2D eigenvalue weighted by molar-refractivity contribution is 0.0347. The van der Waals surface area contributed by atoms with Crippen LogP contribution in [0.4, 0.5) is 0 Å². The van der Waals surface area contributed by atoms with Crippen LogP contribution in [-0.2, 0) is 16.0 Å². The second-order valence-corrected chi connectivity index (χ2v) is 6.75. The van der Waals surface area contributed by atoms with E-state index in [0.717, 1.165) is 18.6 Å². The summed E-state index contributed by atoms with van der Waals surface area (Å²) in [6.07, 6.45) is 1.14. The smallest absolute Gasteiger partial charge is 0.246 e. The lowest BCUT2D eigenvalue weighted by Crippen LogP contribution is -2.44. The lowest BCUT2D eigenvalue weighted by atomic mass is 10.2. The van der Waals surface area contributed by atoms with Crippen LogP contribution in [0.25, 0.3) is 11.4 Å². The minimum atomic E-state index is 0. The lowest BCUT2D eigenvalue weighted by Gasteiger charge is -2.19. The second kappa shape index (κ2) is 11.5. The van der Waals surface area contributed by atoms with Gasteiger partial charge in [0.1, 0.15) is 0 Å². The van der Waals surface area contributed by atoms with Crippen LogP contribution < -0.4 is 10.6 Å². The zero-order chi connectivity index (χ0) is 19.1. The highest BCUT2D eigenvalue weighted by Crippen LogP contribution is 2.19. The summed E-state index contributed by atoms with van der Waals surface area (Å²) in [5.41, 5.74) is 0.807. The standard InChI is InChI=1S/C18H24ClN5O3.HI/c1-12(10-26-15-6-7-25-11-15)22-18(20-2)21-9-16-23-17(24-27-16)13-4-3-5-14(19)8-13;/h3-5,8,12,15H,6-7,9-11H2,1-2H3,(H2,20,21,22);1H. The van der Waals surface area contributed by atoms with E-state index >= 15 is 0 Å². The zero-order valence-corrected chi connectivity index (χ0v) is 18.9. The number of ether oxygens (including phenoxy) is 2. The molecule has 2 unspecified atom stereocenters. The Kier molecular flexibility index (Phi) is 9.42. The minimum Gasteiger partial charge on any atom is -0.379 e. The molecule has 2 N–H and O–H groups in total. The molecule has 0 saturated carbocycles. The summed E-state index contributed by atoms with van der Waals surface area (Å²) in [5, 5.41) is 11.0. The van der Waals surface area contributed by atoms with E-state index in [1.54, 1.807) is 19.2 Å². The van der Waals surface area contributed by atoms with E-state index in [1.165, 1.54) is 0 Å². The van der Waals surface area contributed by atoms with Gasteiger partial charge in [-0.2, -0.15) is 4.98 Å².